The van der Waals surface area contributed by atoms with E-state index >= 15 is 0 Å². The molecule has 5 aromatic carbocycles. The molecule has 1 unspecified atom stereocenters. The third-order valence-electron chi connectivity index (χ3n) is 8.93. The number of benzene rings is 5. The molecule has 0 saturated carbocycles. The first-order valence-electron chi connectivity index (χ1n) is 14.6. The van der Waals surface area contributed by atoms with Gasteiger partial charge in [-0.3, -0.25) is 0 Å². The zero-order valence-corrected chi connectivity index (χ0v) is 25.2. The number of alkyl halides is 1. The van der Waals surface area contributed by atoms with Crippen LogP contribution in [0.4, 0.5) is 17.1 Å². The fourth-order valence-electron chi connectivity index (χ4n) is 7.00. The Bertz CT molecular complexity index is 2020. The lowest BCUT2D eigenvalue weighted by Crippen LogP contribution is -2.20. The van der Waals surface area contributed by atoms with Crippen molar-refractivity contribution in [3.63, 3.8) is 0 Å². The standard InChI is InChI=1S/C39H30BrNO/c1-39(2)32-20-7-6-16-28(32)29-17-10-22-34(36(29)39)41(27-15-8-14-26(24-27)25-12-4-3-5-13-25)35-23-11-19-31-30-18-9-21-33(40)37(30)42-38(31)35/h3-20,22-24,33H,21H2,1-2H3. The van der Waals surface area contributed by atoms with Gasteiger partial charge in [-0.2, -0.15) is 0 Å². The van der Waals surface area contributed by atoms with Crippen molar-refractivity contribution in [1.82, 2.24) is 0 Å². The molecule has 0 spiro atoms. The van der Waals surface area contributed by atoms with Gasteiger partial charge in [0, 0.05) is 22.1 Å². The molecule has 0 saturated heterocycles. The number of hydrogen-bond acceptors (Lipinski definition) is 2. The quantitative estimate of drug-likeness (QED) is 0.185. The van der Waals surface area contributed by atoms with Crippen LogP contribution < -0.4 is 4.90 Å². The van der Waals surface area contributed by atoms with Gasteiger partial charge in [-0.25, -0.2) is 0 Å². The second kappa shape index (κ2) is 9.61. The van der Waals surface area contributed by atoms with Gasteiger partial charge < -0.3 is 9.32 Å². The normalized spacial score (nSPS) is 16.2. The molecule has 8 rings (SSSR count). The molecule has 2 aliphatic carbocycles. The highest BCUT2D eigenvalue weighted by molar-refractivity contribution is 9.09. The Morgan fingerprint density at radius 1 is 0.738 bits per heavy atom. The fraction of sp³-hybridized carbons (Fsp3) is 0.128. The minimum Gasteiger partial charge on any atom is -0.457 e. The lowest BCUT2D eigenvalue weighted by atomic mass is 9.81. The van der Waals surface area contributed by atoms with Crippen LogP contribution in [0.2, 0.25) is 0 Å². The van der Waals surface area contributed by atoms with Crippen LogP contribution in [-0.2, 0) is 5.41 Å². The van der Waals surface area contributed by atoms with Gasteiger partial charge in [0.1, 0.15) is 5.76 Å². The summed E-state index contributed by atoms with van der Waals surface area (Å²) < 4.78 is 6.77. The summed E-state index contributed by atoms with van der Waals surface area (Å²) >= 11 is 3.87. The van der Waals surface area contributed by atoms with Crippen molar-refractivity contribution in [3.05, 3.63) is 144 Å². The van der Waals surface area contributed by atoms with Gasteiger partial charge in [-0.05, 0) is 64.1 Å². The number of nitrogens with zero attached hydrogens (tertiary/aromatic N) is 1. The van der Waals surface area contributed by atoms with Crippen LogP contribution in [0.1, 0.15) is 47.5 Å². The topological polar surface area (TPSA) is 16.4 Å². The van der Waals surface area contributed by atoms with E-state index in [0.29, 0.717) is 0 Å². The van der Waals surface area contributed by atoms with Crippen molar-refractivity contribution in [2.75, 3.05) is 4.90 Å². The zero-order chi connectivity index (χ0) is 28.4. The molecule has 0 N–H and O–H groups in total. The number of rotatable bonds is 4. The molecule has 0 amide bonds. The average Bonchev–Trinajstić information content (AvgIpc) is 3.53. The molecule has 0 radical (unpaired) electrons. The third-order valence-corrected chi connectivity index (χ3v) is 9.71. The van der Waals surface area contributed by atoms with Crippen molar-refractivity contribution < 1.29 is 4.42 Å². The number of furan rings is 1. The predicted octanol–water partition coefficient (Wildman–Crippen LogP) is 11.7. The monoisotopic (exact) mass is 607 g/mol. The Balaban J connectivity index is 1.42. The van der Waals surface area contributed by atoms with Crippen LogP contribution in [0.25, 0.3) is 39.3 Å². The van der Waals surface area contributed by atoms with E-state index in [2.05, 4.69) is 162 Å². The molecule has 3 heteroatoms. The molecule has 1 heterocycles. The molecule has 0 bridgehead atoms. The fourth-order valence-corrected chi connectivity index (χ4v) is 7.56. The van der Waals surface area contributed by atoms with Gasteiger partial charge in [-0.1, -0.05) is 133 Å². The summed E-state index contributed by atoms with van der Waals surface area (Å²) in [7, 11) is 0. The lowest BCUT2D eigenvalue weighted by molar-refractivity contribution is 0.544. The molecular weight excluding hydrogens is 578 g/mol. The summed E-state index contributed by atoms with van der Waals surface area (Å²) in [6, 6.07) is 41.6. The molecule has 42 heavy (non-hydrogen) atoms. The van der Waals surface area contributed by atoms with Gasteiger partial charge >= 0.3 is 0 Å². The van der Waals surface area contributed by atoms with Crippen molar-refractivity contribution in [2.24, 2.45) is 0 Å². The summed E-state index contributed by atoms with van der Waals surface area (Å²) in [5.41, 5.74) is 12.9. The number of halogens is 1. The highest BCUT2D eigenvalue weighted by Gasteiger charge is 2.39. The molecule has 204 valence electrons. The SMILES string of the molecule is CC1(C)c2ccccc2-c2cccc(N(c3cccc(-c4ccccc4)c3)c3cccc4c5c(oc34)C(Br)CC=C5)c21. The Kier molecular flexibility index (Phi) is 5.80. The van der Waals surface area contributed by atoms with Crippen LogP contribution in [-0.4, -0.2) is 0 Å². The van der Waals surface area contributed by atoms with Crippen LogP contribution in [0.15, 0.2) is 126 Å². The molecule has 1 aromatic heterocycles. The van der Waals surface area contributed by atoms with Crippen molar-refractivity contribution in [2.45, 2.75) is 30.5 Å². The molecule has 0 fully saturated rings. The molecular formula is C39H30BrNO. The summed E-state index contributed by atoms with van der Waals surface area (Å²) in [5.74, 6) is 1.00. The minimum absolute atomic E-state index is 0.169. The first-order valence-corrected chi connectivity index (χ1v) is 15.5. The number of hydrogen-bond donors (Lipinski definition) is 0. The van der Waals surface area contributed by atoms with E-state index < -0.39 is 0 Å². The van der Waals surface area contributed by atoms with Crippen LogP contribution in [0.3, 0.4) is 0 Å². The summed E-state index contributed by atoms with van der Waals surface area (Å²) in [5, 5.41) is 1.14. The molecule has 1 atom stereocenters. The number of para-hydroxylation sites is 1. The largest absolute Gasteiger partial charge is 0.457 e. The number of anilines is 3. The first kappa shape index (κ1) is 25.4. The number of fused-ring (bicyclic) bond motifs is 6. The predicted molar refractivity (Wildman–Crippen MR) is 179 cm³/mol. The summed E-state index contributed by atoms with van der Waals surface area (Å²) in [4.78, 5) is 2.59. The zero-order valence-electron chi connectivity index (χ0n) is 23.6. The van der Waals surface area contributed by atoms with Crippen molar-refractivity contribution in [1.29, 1.82) is 0 Å². The van der Waals surface area contributed by atoms with E-state index in [-0.39, 0.29) is 10.2 Å². The third kappa shape index (κ3) is 3.77. The van der Waals surface area contributed by atoms with Gasteiger partial charge in [0.2, 0.25) is 0 Å². The number of allylic oxidation sites excluding steroid dienone is 1. The van der Waals surface area contributed by atoms with E-state index in [4.69, 9.17) is 4.42 Å². The molecule has 6 aromatic rings. The maximum absolute atomic E-state index is 6.77. The van der Waals surface area contributed by atoms with Crippen LogP contribution in [0.5, 0.6) is 0 Å². The van der Waals surface area contributed by atoms with Crippen molar-refractivity contribution >= 4 is 50.0 Å². The van der Waals surface area contributed by atoms with Gasteiger partial charge in [-0.15, -0.1) is 0 Å². The molecule has 2 nitrogen and oxygen atoms in total. The summed E-state index contributed by atoms with van der Waals surface area (Å²) in [6.45, 7) is 4.71. The van der Waals surface area contributed by atoms with Crippen LogP contribution >= 0.6 is 15.9 Å². The molecule has 2 aliphatic rings. The van der Waals surface area contributed by atoms with E-state index in [1.807, 2.05) is 0 Å². The summed E-state index contributed by atoms with van der Waals surface area (Å²) in [6.07, 6.45) is 5.36. The Labute approximate surface area is 255 Å². The highest BCUT2D eigenvalue weighted by atomic mass is 79.9. The van der Waals surface area contributed by atoms with E-state index in [1.54, 1.807) is 0 Å². The second-order valence-electron chi connectivity index (χ2n) is 11.8. The Morgan fingerprint density at radius 2 is 1.45 bits per heavy atom. The molecule has 0 aliphatic heterocycles. The lowest BCUT2D eigenvalue weighted by Gasteiger charge is -2.32. The van der Waals surface area contributed by atoms with Crippen LogP contribution in [0, 0.1) is 0 Å². The van der Waals surface area contributed by atoms with E-state index in [9.17, 15) is 0 Å². The van der Waals surface area contributed by atoms with Crippen molar-refractivity contribution in [3.8, 4) is 22.3 Å². The Morgan fingerprint density at radius 3 is 2.33 bits per heavy atom. The smallest absolute Gasteiger partial charge is 0.158 e. The first-order chi connectivity index (χ1) is 20.5. The van der Waals surface area contributed by atoms with E-state index in [0.717, 1.165) is 34.5 Å². The maximum atomic E-state index is 6.77. The van der Waals surface area contributed by atoms with E-state index in [1.165, 1.54) is 44.6 Å². The van der Waals surface area contributed by atoms with Gasteiger partial charge in [0.25, 0.3) is 0 Å². The Hall–Kier alpha value is -4.34. The average molecular weight is 609 g/mol. The minimum atomic E-state index is -0.169. The van der Waals surface area contributed by atoms with Gasteiger partial charge in [0.05, 0.1) is 16.2 Å². The highest BCUT2D eigenvalue weighted by Crippen LogP contribution is 2.55. The van der Waals surface area contributed by atoms with Gasteiger partial charge in [0.15, 0.2) is 5.58 Å². The second-order valence-corrected chi connectivity index (χ2v) is 12.9. The maximum Gasteiger partial charge on any atom is 0.158 e.